The molecule has 1 atom stereocenters. The van der Waals surface area contributed by atoms with E-state index in [2.05, 4.69) is 10.2 Å². The minimum Gasteiger partial charge on any atom is -0.355 e. The molecule has 1 fully saturated rings. The first-order chi connectivity index (χ1) is 7.91. The third-order valence-electron chi connectivity index (χ3n) is 2.75. The maximum absolute atomic E-state index is 11.2. The fraction of sp³-hybridized carbons (Fsp3) is 0.900. The van der Waals surface area contributed by atoms with Crippen molar-refractivity contribution in [2.45, 2.75) is 18.7 Å². The number of hydrogen-bond acceptors (Lipinski definition) is 4. The summed E-state index contributed by atoms with van der Waals surface area (Å²) in [7, 11) is -2.80. The van der Waals surface area contributed by atoms with Crippen LogP contribution in [0, 0.1) is 0 Å². The molecule has 0 spiro atoms. The Morgan fingerprint density at radius 3 is 2.53 bits per heavy atom. The van der Waals surface area contributed by atoms with E-state index in [1.807, 2.05) is 0 Å². The lowest BCUT2D eigenvalue weighted by Gasteiger charge is -2.26. The Morgan fingerprint density at radius 1 is 1.41 bits per heavy atom. The molecule has 1 N–H and O–H groups in total. The summed E-state index contributed by atoms with van der Waals surface area (Å²) in [6, 6.07) is 0. The molecule has 0 bridgehead atoms. The van der Waals surface area contributed by atoms with Gasteiger partial charge in [0.2, 0.25) is 5.91 Å². The summed E-state index contributed by atoms with van der Waals surface area (Å²) in [6.45, 7) is 4.22. The Kier molecular flexibility index (Phi) is 5.69. The second-order valence-electron chi connectivity index (χ2n) is 4.25. The van der Waals surface area contributed by atoms with Gasteiger partial charge in [-0.2, -0.15) is 0 Å². The van der Waals surface area contributed by atoms with Gasteiger partial charge in [-0.15, -0.1) is 11.6 Å². The highest BCUT2D eigenvalue weighted by atomic mass is 35.5. The monoisotopic (exact) mass is 282 g/mol. The van der Waals surface area contributed by atoms with Gasteiger partial charge in [-0.3, -0.25) is 4.79 Å². The van der Waals surface area contributed by atoms with Crippen molar-refractivity contribution in [3.8, 4) is 0 Å². The van der Waals surface area contributed by atoms with E-state index in [9.17, 15) is 13.2 Å². The Hall–Kier alpha value is -0.330. The first kappa shape index (κ1) is 14.7. The standard InChI is InChI=1S/C10H19ClN2O3S/c1-9(11)10(14)12-3-2-4-13-5-7-17(15,16)8-6-13/h9H,2-8H2,1H3,(H,12,14). The van der Waals surface area contributed by atoms with Crippen molar-refractivity contribution in [2.75, 3.05) is 37.7 Å². The number of nitrogens with one attached hydrogen (secondary N) is 1. The van der Waals surface area contributed by atoms with Crippen LogP contribution in [-0.2, 0) is 14.6 Å². The molecule has 1 aliphatic rings. The molecule has 1 amide bonds. The van der Waals surface area contributed by atoms with Gasteiger partial charge in [0.15, 0.2) is 9.84 Å². The van der Waals surface area contributed by atoms with Gasteiger partial charge in [0, 0.05) is 19.6 Å². The van der Waals surface area contributed by atoms with Crippen molar-refractivity contribution in [2.24, 2.45) is 0 Å². The average molecular weight is 283 g/mol. The number of amides is 1. The number of rotatable bonds is 5. The highest BCUT2D eigenvalue weighted by Gasteiger charge is 2.20. The van der Waals surface area contributed by atoms with Gasteiger partial charge in [-0.05, 0) is 19.9 Å². The summed E-state index contributed by atoms with van der Waals surface area (Å²) in [4.78, 5) is 13.3. The number of halogens is 1. The highest BCUT2D eigenvalue weighted by molar-refractivity contribution is 7.91. The zero-order chi connectivity index (χ0) is 12.9. The summed E-state index contributed by atoms with van der Waals surface area (Å²) in [5, 5.41) is 2.22. The summed E-state index contributed by atoms with van der Waals surface area (Å²) in [5.41, 5.74) is 0. The summed E-state index contributed by atoms with van der Waals surface area (Å²) < 4.78 is 22.4. The van der Waals surface area contributed by atoms with Crippen LogP contribution in [-0.4, -0.2) is 62.3 Å². The second kappa shape index (κ2) is 6.56. The normalized spacial score (nSPS) is 22.0. The zero-order valence-electron chi connectivity index (χ0n) is 9.99. The number of sulfone groups is 1. The highest BCUT2D eigenvalue weighted by Crippen LogP contribution is 2.03. The van der Waals surface area contributed by atoms with E-state index in [4.69, 9.17) is 11.6 Å². The maximum Gasteiger partial charge on any atom is 0.237 e. The van der Waals surface area contributed by atoms with Gasteiger partial charge in [0.25, 0.3) is 0 Å². The molecule has 0 aromatic carbocycles. The molecule has 1 rings (SSSR count). The van der Waals surface area contributed by atoms with Crippen LogP contribution in [0.5, 0.6) is 0 Å². The smallest absolute Gasteiger partial charge is 0.237 e. The predicted octanol–water partition coefficient (Wildman–Crippen LogP) is -0.150. The van der Waals surface area contributed by atoms with Crippen molar-refractivity contribution in [3.63, 3.8) is 0 Å². The summed E-state index contributed by atoms with van der Waals surface area (Å²) in [5.74, 6) is 0.337. The van der Waals surface area contributed by atoms with Gasteiger partial charge >= 0.3 is 0 Å². The van der Waals surface area contributed by atoms with E-state index in [1.165, 1.54) is 0 Å². The van der Waals surface area contributed by atoms with Gasteiger partial charge in [0.1, 0.15) is 5.38 Å². The van der Waals surface area contributed by atoms with Crippen molar-refractivity contribution < 1.29 is 13.2 Å². The Balaban J connectivity index is 2.10. The lowest BCUT2D eigenvalue weighted by Crippen LogP contribution is -2.41. The third-order valence-corrected chi connectivity index (χ3v) is 4.56. The van der Waals surface area contributed by atoms with E-state index < -0.39 is 15.2 Å². The van der Waals surface area contributed by atoms with Crippen molar-refractivity contribution >= 4 is 27.3 Å². The SMILES string of the molecule is CC(Cl)C(=O)NCCCN1CCS(=O)(=O)CC1. The molecule has 5 nitrogen and oxygen atoms in total. The van der Waals surface area contributed by atoms with Crippen LogP contribution in [0.15, 0.2) is 0 Å². The molecular weight excluding hydrogens is 264 g/mol. The molecule has 100 valence electrons. The van der Waals surface area contributed by atoms with E-state index >= 15 is 0 Å². The second-order valence-corrected chi connectivity index (χ2v) is 7.21. The topological polar surface area (TPSA) is 66.5 Å². The minimum absolute atomic E-state index is 0.159. The number of nitrogens with zero attached hydrogens (tertiary/aromatic N) is 1. The van der Waals surface area contributed by atoms with Crippen molar-refractivity contribution in [3.05, 3.63) is 0 Å². The fourth-order valence-electron chi connectivity index (χ4n) is 1.63. The molecule has 1 heterocycles. The Morgan fingerprint density at radius 2 is 2.00 bits per heavy atom. The van der Waals surface area contributed by atoms with Crippen molar-refractivity contribution in [1.82, 2.24) is 10.2 Å². The molecule has 0 radical (unpaired) electrons. The van der Waals surface area contributed by atoms with E-state index in [1.54, 1.807) is 6.92 Å². The summed E-state index contributed by atoms with van der Waals surface area (Å²) >= 11 is 5.60. The quantitative estimate of drug-likeness (QED) is 0.563. The fourth-order valence-corrected chi connectivity index (χ4v) is 2.98. The molecule has 1 aliphatic heterocycles. The van der Waals surface area contributed by atoms with Crippen LogP contribution in [0.1, 0.15) is 13.3 Å². The molecule has 17 heavy (non-hydrogen) atoms. The van der Waals surface area contributed by atoms with Crippen LogP contribution in [0.4, 0.5) is 0 Å². The van der Waals surface area contributed by atoms with E-state index in [0.29, 0.717) is 19.6 Å². The Bertz CT molecular complexity index is 343. The lowest BCUT2D eigenvalue weighted by atomic mass is 10.3. The average Bonchev–Trinajstić information content (AvgIpc) is 2.25. The lowest BCUT2D eigenvalue weighted by molar-refractivity contribution is -0.120. The number of alkyl halides is 1. The Labute approximate surface area is 107 Å². The van der Waals surface area contributed by atoms with Crippen LogP contribution in [0.25, 0.3) is 0 Å². The van der Waals surface area contributed by atoms with Crippen LogP contribution in [0.2, 0.25) is 0 Å². The molecule has 0 aliphatic carbocycles. The molecule has 7 heteroatoms. The van der Waals surface area contributed by atoms with E-state index in [0.717, 1.165) is 13.0 Å². The zero-order valence-corrected chi connectivity index (χ0v) is 11.6. The van der Waals surface area contributed by atoms with Gasteiger partial charge in [0.05, 0.1) is 11.5 Å². The van der Waals surface area contributed by atoms with Gasteiger partial charge < -0.3 is 10.2 Å². The number of carbonyl (C=O) groups excluding carboxylic acids is 1. The molecule has 1 unspecified atom stereocenters. The van der Waals surface area contributed by atoms with Gasteiger partial charge in [-0.1, -0.05) is 0 Å². The maximum atomic E-state index is 11.2. The minimum atomic E-state index is -2.80. The largest absolute Gasteiger partial charge is 0.355 e. The number of hydrogen-bond donors (Lipinski definition) is 1. The van der Waals surface area contributed by atoms with Crippen LogP contribution in [0.3, 0.4) is 0 Å². The molecule has 1 saturated heterocycles. The van der Waals surface area contributed by atoms with Crippen LogP contribution >= 0.6 is 11.6 Å². The number of carbonyl (C=O) groups is 1. The van der Waals surface area contributed by atoms with Gasteiger partial charge in [-0.25, -0.2) is 8.42 Å². The molecule has 0 saturated carbocycles. The van der Waals surface area contributed by atoms with Crippen molar-refractivity contribution in [1.29, 1.82) is 0 Å². The third kappa shape index (κ3) is 5.70. The molecule has 0 aromatic heterocycles. The first-order valence-corrected chi connectivity index (χ1v) is 8.01. The predicted molar refractivity (Wildman–Crippen MR) is 68.0 cm³/mol. The van der Waals surface area contributed by atoms with E-state index in [-0.39, 0.29) is 17.4 Å². The van der Waals surface area contributed by atoms with Crippen LogP contribution < -0.4 is 5.32 Å². The molecule has 0 aromatic rings. The summed E-state index contributed by atoms with van der Waals surface area (Å²) in [6.07, 6.45) is 0.815. The molecular formula is C10H19ClN2O3S. The first-order valence-electron chi connectivity index (χ1n) is 5.75.